The van der Waals surface area contributed by atoms with Crippen LogP contribution in [-0.2, 0) is 0 Å². The van der Waals surface area contributed by atoms with Gasteiger partial charge in [0, 0.05) is 36.6 Å². The Balaban J connectivity index is 1.90. The third kappa shape index (κ3) is 2.95. The van der Waals surface area contributed by atoms with Gasteiger partial charge in [-0.1, -0.05) is 18.2 Å². The molecule has 0 unspecified atom stereocenters. The molecule has 0 spiro atoms. The van der Waals surface area contributed by atoms with Crippen LogP contribution in [0, 0.1) is 0 Å². The molecule has 4 aromatic rings. The summed E-state index contributed by atoms with van der Waals surface area (Å²) in [6, 6.07) is 18.7. The largest absolute Gasteiger partial charge is 0.507 e. The van der Waals surface area contributed by atoms with E-state index in [9.17, 15) is 10.2 Å². The van der Waals surface area contributed by atoms with Crippen LogP contribution in [-0.4, -0.2) is 32.7 Å². The van der Waals surface area contributed by atoms with E-state index in [-0.39, 0.29) is 11.5 Å². The number of benzene rings is 2. The first kappa shape index (κ1) is 17.9. The number of nitrogens with zero attached hydrogens (tertiary/aromatic N) is 3. The van der Waals surface area contributed by atoms with E-state index in [2.05, 4.69) is 18.7 Å². The van der Waals surface area contributed by atoms with Gasteiger partial charge < -0.3 is 15.1 Å². The van der Waals surface area contributed by atoms with Crippen LogP contribution >= 0.6 is 0 Å². The van der Waals surface area contributed by atoms with Crippen molar-refractivity contribution in [1.82, 2.24) is 9.38 Å². The Labute approximate surface area is 164 Å². The fraction of sp³-hybridized carbons (Fsp3) is 0.174. The summed E-state index contributed by atoms with van der Waals surface area (Å²) in [6.07, 6.45) is 1.92. The molecule has 0 amide bonds. The molecule has 2 aromatic heterocycles. The summed E-state index contributed by atoms with van der Waals surface area (Å²) in [4.78, 5) is 6.98. The Kier molecular flexibility index (Phi) is 4.65. The highest BCUT2D eigenvalue weighted by Gasteiger charge is 2.18. The molecule has 2 heterocycles. The quantitative estimate of drug-likeness (QED) is 0.521. The molecule has 0 fully saturated rings. The molecule has 2 aromatic carbocycles. The van der Waals surface area contributed by atoms with Crippen LogP contribution in [0.2, 0.25) is 0 Å². The van der Waals surface area contributed by atoms with Gasteiger partial charge in [0.05, 0.1) is 11.1 Å². The molecule has 5 heteroatoms. The normalized spacial score (nSPS) is 11.1. The minimum Gasteiger partial charge on any atom is -0.507 e. The fourth-order valence-corrected chi connectivity index (χ4v) is 3.59. The lowest BCUT2D eigenvalue weighted by molar-refractivity contribution is 0.476. The number of hydrogen-bond acceptors (Lipinski definition) is 4. The molecule has 0 bridgehead atoms. The molecule has 142 valence electrons. The summed E-state index contributed by atoms with van der Waals surface area (Å²) in [5, 5.41) is 21.1. The monoisotopic (exact) mass is 373 g/mol. The van der Waals surface area contributed by atoms with Crippen LogP contribution in [0.5, 0.6) is 11.5 Å². The Morgan fingerprint density at radius 3 is 2.32 bits per heavy atom. The topological polar surface area (TPSA) is 61.0 Å². The van der Waals surface area contributed by atoms with Crippen molar-refractivity contribution in [3.8, 4) is 34.1 Å². The third-order valence-electron chi connectivity index (χ3n) is 5.06. The highest BCUT2D eigenvalue weighted by atomic mass is 16.3. The zero-order valence-electron chi connectivity index (χ0n) is 16.0. The molecule has 5 nitrogen and oxygen atoms in total. The van der Waals surface area contributed by atoms with Gasteiger partial charge in [-0.15, -0.1) is 0 Å². The SMILES string of the molecule is CCN(CC)c1ccc(-c2nc(-c3ccccc3O)c3ccccn23)c(O)c1. The molecule has 4 rings (SSSR count). The summed E-state index contributed by atoms with van der Waals surface area (Å²) in [5.41, 5.74) is 3.84. The molecule has 0 aliphatic carbocycles. The van der Waals surface area contributed by atoms with Crippen LogP contribution in [0.25, 0.3) is 28.2 Å². The summed E-state index contributed by atoms with van der Waals surface area (Å²) < 4.78 is 1.94. The van der Waals surface area contributed by atoms with Gasteiger partial charge in [0.25, 0.3) is 0 Å². The Bertz CT molecular complexity index is 1130. The van der Waals surface area contributed by atoms with E-state index in [1.165, 1.54) is 0 Å². The number of hydrogen-bond donors (Lipinski definition) is 2. The number of pyridine rings is 1. The Hall–Kier alpha value is -3.47. The fourth-order valence-electron chi connectivity index (χ4n) is 3.59. The number of phenolic OH excluding ortho intramolecular Hbond substituents is 2. The lowest BCUT2D eigenvalue weighted by Gasteiger charge is -2.21. The van der Waals surface area contributed by atoms with E-state index in [1.54, 1.807) is 18.2 Å². The van der Waals surface area contributed by atoms with E-state index in [4.69, 9.17) is 4.98 Å². The van der Waals surface area contributed by atoms with Crippen molar-refractivity contribution in [2.75, 3.05) is 18.0 Å². The maximum atomic E-state index is 10.7. The molecule has 0 radical (unpaired) electrons. The van der Waals surface area contributed by atoms with Gasteiger partial charge in [0.1, 0.15) is 23.0 Å². The van der Waals surface area contributed by atoms with Crippen molar-refractivity contribution in [3.63, 3.8) is 0 Å². The zero-order chi connectivity index (χ0) is 19.7. The van der Waals surface area contributed by atoms with Crippen LogP contribution < -0.4 is 4.90 Å². The van der Waals surface area contributed by atoms with Gasteiger partial charge in [0.15, 0.2) is 0 Å². The standard InChI is InChI=1S/C23H23N3O2/c1-3-25(4-2)16-12-13-18(21(28)15-16)23-24-22(17-9-5-6-11-20(17)27)19-10-7-8-14-26(19)23/h5-15,27-28H,3-4H2,1-2H3. The lowest BCUT2D eigenvalue weighted by Crippen LogP contribution is -2.21. The number of phenols is 2. The number of aromatic hydroxyl groups is 2. The van der Waals surface area contributed by atoms with Crippen LogP contribution in [0.4, 0.5) is 5.69 Å². The number of para-hydroxylation sites is 1. The summed E-state index contributed by atoms with van der Waals surface area (Å²) in [5.74, 6) is 1.00. The highest BCUT2D eigenvalue weighted by molar-refractivity contribution is 5.85. The second-order valence-electron chi connectivity index (χ2n) is 6.63. The number of anilines is 1. The van der Waals surface area contributed by atoms with Gasteiger partial charge >= 0.3 is 0 Å². The third-order valence-corrected chi connectivity index (χ3v) is 5.06. The predicted molar refractivity (Wildman–Crippen MR) is 113 cm³/mol. The van der Waals surface area contributed by atoms with Crippen molar-refractivity contribution < 1.29 is 10.2 Å². The average Bonchev–Trinajstić information content (AvgIpc) is 3.09. The first-order valence-corrected chi connectivity index (χ1v) is 9.47. The lowest BCUT2D eigenvalue weighted by atomic mass is 10.1. The van der Waals surface area contributed by atoms with E-state index < -0.39 is 0 Å². The number of rotatable bonds is 5. The Morgan fingerprint density at radius 2 is 1.61 bits per heavy atom. The van der Waals surface area contributed by atoms with Crippen molar-refractivity contribution in [2.45, 2.75) is 13.8 Å². The first-order valence-electron chi connectivity index (χ1n) is 9.47. The molecule has 0 atom stereocenters. The zero-order valence-corrected chi connectivity index (χ0v) is 16.0. The number of fused-ring (bicyclic) bond motifs is 1. The number of imidazole rings is 1. The maximum absolute atomic E-state index is 10.7. The molecular weight excluding hydrogens is 350 g/mol. The van der Waals surface area contributed by atoms with Gasteiger partial charge in [0.2, 0.25) is 0 Å². The molecule has 0 saturated heterocycles. The molecule has 28 heavy (non-hydrogen) atoms. The average molecular weight is 373 g/mol. The van der Waals surface area contributed by atoms with Crippen LogP contribution in [0.15, 0.2) is 66.9 Å². The molecule has 0 aliphatic rings. The highest BCUT2D eigenvalue weighted by Crippen LogP contribution is 2.37. The summed E-state index contributed by atoms with van der Waals surface area (Å²) >= 11 is 0. The van der Waals surface area contributed by atoms with E-state index >= 15 is 0 Å². The minimum atomic E-state index is 0.180. The van der Waals surface area contributed by atoms with E-state index in [1.807, 2.05) is 53.1 Å². The van der Waals surface area contributed by atoms with E-state index in [0.717, 1.165) is 24.3 Å². The summed E-state index contributed by atoms with van der Waals surface area (Å²) in [7, 11) is 0. The molecule has 0 aliphatic heterocycles. The molecular formula is C23H23N3O2. The maximum Gasteiger partial charge on any atom is 0.149 e. The number of aromatic nitrogens is 2. The van der Waals surface area contributed by atoms with Gasteiger partial charge in [-0.2, -0.15) is 0 Å². The van der Waals surface area contributed by atoms with E-state index in [0.29, 0.717) is 22.6 Å². The van der Waals surface area contributed by atoms with Crippen molar-refractivity contribution >= 4 is 11.2 Å². The Morgan fingerprint density at radius 1 is 0.857 bits per heavy atom. The van der Waals surface area contributed by atoms with Gasteiger partial charge in [-0.05, 0) is 50.2 Å². The van der Waals surface area contributed by atoms with Crippen molar-refractivity contribution in [2.24, 2.45) is 0 Å². The minimum absolute atomic E-state index is 0.180. The second-order valence-corrected chi connectivity index (χ2v) is 6.63. The van der Waals surface area contributed by atoms with Gasteiger partial charge in [-0.25, -0.2) is 4.98 Å². The summed E-state index contributed by atoms with van der Waals surface area (Å²) in [6.45, 7) is 5.93. The van der Waals surface area contributed by atoms with Crippen LogP contribution in [0.3, 0.4) is 0 Å². The van der Waals surface area contributed by atoms with Crippen molar-refractivity contribution in [3.05, 3.63) is 66.9 Å². The first-order chi connectivity index (χ1) is 13.6. The van der Waals surface area contributed by atoms with Crippen LogP contribution in [0.1, 0.15) is 13.8 Å². The predicted octanol–water partition coefficient (Wildman–Crippen LogP) is 4.93. The van der Waals surface area contributed by atoms with Crippen molar-refractivity contribution in [1.29, 1.82) is 0 Å². The smallest absolute Gasteiger partial charge is 0.149 e. The molecule has 0 saturated carbocycles. The molecule has 2 N–H and O–H groups in total. The second kappa shape index (κ2) is 7.27. The van der Waals surface area contributed by atoms with Gasteiger partial charge in [-0.3, -0.25) is 4.40 Å².